The molecular formula is C27H48O. The molecular weight excluding hydrogens is 340 g/mol. The van der Waals surface area contributed by atoms with Crippen LogP contribution in [0.2, 0.25) is 0 Å². The van der Waals surface area contributed by atoms with E-state index in [0.29, 0.717) is 16.7 Å². The molecule has 0 saturated heterocycles. The van der Waals surface area contributed by atoms with Crippen molar-refractivity contribution in [2.45, 2.75) is 118 Å². The van der Waals surface area contributed by atoms with E-state index in [1.54, 1.807) is 0 Å². The van der Waals surface area contributed by atoms with Gasteiger partial charge in [0.1, 0.15) is 0 Å². The minimum atomic E-state index is -0.0132. The van der Waals surface area contributed by atoms with Gasteiger partial charge in [-0.1, -0.05) is 66.7 Å². The van der Waals surface area contributed by atoms with Crippen LogP contribution in [0.25, 0.3) is 0 Å². The van der Waals surface area contributed by atoms with E-state index in [9.17, 15) is 5.11 Å². The molecule has 9 atom stereocenters. The summed E-state index contributed by atoms with van der Waals surface area (Å²) in [5, 5.41) is 11.3. The Morgan fingerprint density at radius 3 is 2.36 bits per heavy atom. The van der Waals surface area contributed by atoms with Crippen LogP contribution in [0.4, 0.5) is 0 Å². The monoisotopic (exact) mass is 388 g/mol. The van der Waals surface area contributed by atoms with Crippen molar-refractivity contribution >= 4 is 0 Å². The van der Waals surface area contributed by atoms with Crippen LogP contribution in [-0.4, -0.2) is 11.2 Å². The number of rotatable bonds is 5. The molecule has 4 aliphatic carbocycles. The molecule has 162 valence electrons. The van der Waals surface area contributed by atoms with E-state index in [2.05, 4.69) is 34.6 Å². The molecule has 4 saturated carbocycles. The maximum absolute atomic E-state index is 11.3. The molecule has 1 nitrogen and oxygen atoms in total. The molecule has 0 radical (unpaired) electrons. The summed E-state index contributed by atoms with van der Waals surface area (Å²) < 4.78 is 0. The van der Waals surface area contributed by atoms with Gasteiger partial charge in [-0.25, -0.2) is 0 Å². The van der Waals surface area contributed by atoms with Gasteiger partial charge in [-0.15, -0.1) is 0 Å². The molecule has 0 heterocycles. The zero-order valence-corrected chi connectivity index (χ0v) is 19.6. The molecule has 0 amide bonds. The van der Waals surface area contributed by atoms with Gasteiger partial charge < -0.3 is 5.11 Å². The van der Waals surface area contributed by atoms with E-state index < -0.39 is 0 Å². The first-order chi connectivity index (χ1) is 13.3. The van der Waals surface area contributed by atoms with Crippen molar-refractivity contribution in [2.75, 3.05) is 0 Å². The fourth-order valence-corrected chi connectivity index (χ4v) is 9.28. The third-order valence-electron chi connectivity index (χ3n) is 10.8. The second-order valence-electron chi connectivity index (χ2n) is 12.6. The molecule has 4 rings (SSSR count). The van der Waals surface area contributed by atoms with Gasteiger partial charge in [-0.2, -0.15) is 0 Å². The standard InChI is InChI=1S/C27H48O/c1-18(2)9-8-10-19(3)21-12-13-22-25-23(14-16-27(21,22)5)26(4)15-7-6-11-20(26)17-24(25)28/h18-25,28H,6-17H2,1-5H3/t19-,20-,21+,22-,23+,24-,25-,26-,27-/m1/s1. The molecule has 0 unspecified atom stereocenters. The highest BCUT2D eigenvalue weighted by molar-refractivity contribution is 5.11. The Labute approximate surface area is 175 Å². The Bertz CT molecular complexity index is 540. The summed E-state index contributed by atoms with van der Waals surface area (Å²) in [6.07, 6.45) is 16.6. The highest BCUT2D eigenvalue weighted by atomic mass is 16.3. The van der Waals surface area contributed by atoms with Crippen molar-refractivity contribution in [2.24, 2.45) is 52.3 Å². The van der Waals surface area contributed by atoms with Crippen molar-refractivity contribution in [1.82, 2.24) is 0 Å². The van der Waals surface area contributed by atoms with E-state index in [0.717, 1.165) is 41.9 Å². The van der Waals surface area contributed by atoms with Crippen LogP contribution in [0.1, 0.15) is 112 Å². The second kappa shape index (κ2) is 7.90. The van der Waals surface area contributed by atoms with Crippen LogP contribution in [0.15, 0.2) is 0 Å². The van der Waals surface area contributed by atoms with Crippen LogP contribution >= 0.6 is 0 Å². The molecule has 0 aliphatic heterocycles. The zero-order valence-electron chi connectivity index (χ0n) is 19.6. The molecule has 0 spiro atoms. The van der Waals surface area contributed by atoms with Crippen molar-refractivity contribution in [3.8, 4) is 0 Å². The van der Waals surface area contributed by atoms with Crippen molar-refractivity contribution in [3.05, 3.63) is 0 Å². The van der Waals surface area contributed by atoms with Gasteiger partial charge in [-0.3, -0.25) is 0 Å². The highest BCUT2D eigenvalue weighted by Gasteiger charge is 2.62. The normalized spacial score (nSPS) is 49.4. The van der Waals surface area contributed by atoms with Gasteiger partial charge in [0.2, 0.25) is 0 Å². The van der Waals surface area contributed by atoms with Crippen molar-refractivity contribution in [1.29, 1.82) is 0 Å². The third kappa shape index (κ3) is 3.40. The number of aliphatic hydroxyl groups is 1. The topological polar surface area (TPSA) is 20.2 Å². The van der Waals surface area contributed by atoms with E-state index in [1.807, 2.05) is 0 Å². The number of fused-ring (bicyclic) bond motifs is 5. The second-order valence-corrected chi connectivity index (χ2v) is 12.6. The lowest BCUT2D eigenvalue weighted by Gasteiger charge is -2.62. The molecule has 1 heteroatoms. The minimum absolute atomic E-state index is 0.0132. The fraction of sp³-hybridized carbons (Fsp3) is 1.00. The predicted molar refractivity (Wildman–Crippen MR) is 119 cm³/mol. The first-order valence-corrected chi connectivity index (χ1v) is 13.0. The molecule has 0 aromatic heterocycles. The summed E-state index contributed by atoms with van der Waals surface area (Å²) in [5.74, 6) is 5.60. The summed E-state index contributed by atoms with van der Waals surface area (Å²) in [6.45, 7) is 12.6. The average molecular weight is 389 g/mol. The fourth-order valence-electron chi connectivity index (χ4n) is 9.28. The smallest absolute Gasteiger partial charge is 0.0577 e. The van der Waals surface area contributed by atoms with Gasteiger partial charge >= 0.3 is 0 Å². The van der Waals surface area contributed by atoms with Crippen LogP contribution in [0.5, 0.6) is 0 Å². The maximum Gasteiger partial charge on any atom is 0.0577 e. The summed E-state index contributed by atoms with van der Waals surface area (Å²) >= 11 is 0. The molecule has 28 heavy (non-hydrogen) atoms. The maximum atomic E-state index is 11.3. The largest absolute Gasteiger partial charge is 0.393 e. The average Bonchev–Trinajstić information content (AvgIpc) is 2.99. The summed E-state index contributed by atoms with van der Waals surface area (Å²) in [6, 6.07) is 0. The lowest BCUT2D eigenvalue weighted by molar-refractivity contribution is -0.164. The Kier molecular flexibility index (Phi) is 5.98. The predicted octanol–water partition coefficient (Wildman–Crippen LogP) is 7.47. The summed E-state index contributed by atoms with van der Waals surface area (Å²) in [7, 11) is 0. The van der Waals surface area contributed by atoms with Crippen LogP contribution < -0.4 is 0 Å². The summed E-state index contributed by atoms with van der Waals surface area (Å²) in [5.41, 5.74) is 1.03. The van der Waals surface area contributed by atoms with Gasteiger partial charge in [0.15, 0.2) is 0 Å². The molecule has 1 N–H and O–H groups in total. The minimum Gasteiger partial charge on any atom is -0.393 e. The SMILES string of the molecule is CC(C)CCC[C@@H](C)[C@@H]1CC[C@@H]2[C@H]3[C@H](O)C[C@H]4CCCC[C@@]4(C)[C@H]3CC[C@@]21C. The van der Waals surface area contributed by atoms with Crippen molar-refractivity contribution < 1.29 is 5.11 Å². The Morgan fingerprint density at radius 1 is 0.857 bits per heavy atom. The van der Waals surface area contributed by atoms with Crippen LogP contribution in [0.3, 0.4) is 0 Å². The van der Waals surface area contributed by atoms with E-state index in [-0.39, 0.29) is 6.10 Å². The van der Waals surface area contributed by atoms with Gasteiger partial charge in [0, 0.05) is 0 Å². The Hall–Kier alpha value is -0.0400. The Morgan fingerprint density at radius 2 is 1.61 bits per heavy atom. The molecule has 0 aromatic rings. The van der Waals surface area contributed by atoms with Crippen LogP contribution in [-0.2, 0) is 0 Å². The first kappa shape index (κ1) is 21.2. The van der Waals surface area contributed by atoms with E-state index in [4.69, 9.17) is 0 Å². The third-order valence-corrected chi connectivity index (χ3v) is 10.8. The molecule has 4 aliphatic rings. The molecule has 0 aromatic carbocycles. The Balaban J connectivity index is 1.50. The molecule has 0 bridgehead atoms. The quantitative estimate of drug-likeness (QED) is 0.518. The van der Waals surface area contributed by atoms with Gasteiger partial charge in [-0.05, 0) is 97.2 Å². The van der Waals surface area contributed by atoms with Crippen LogP contribution in [0, 0.1) is 52.3 Å². The van der Waals surface area contributed by atoms with Crippen molar-refractivity contribution in [3.63, 3.8) is 0 Å². The number of aliphatic hydroxyl groups excluding tert-OH is 1. The molecule has 4 fully saturated rings. The highest BCUT2D eigenvalue weighted by Crippen LogP contribution is 2.68. The summed E-state index contributed by atoms with van der Waals surface area (Å²) in [4.78, 5) is 0. The lowest BCUT2D eigenvalue weighted by Crippen LogP contribution is -2.57. The zero-order chi connectivity index (χ0) is 20.1. The van der Waals surface area contributed by atoms with Gasteiger partial charge in [0.25, 0.3) is 0 Å². The van der Waals surface area contributed by atoms with E-state index in [1.165, 1.54) is 70.6 Å². The van der Waals surface area contributed by atoms with Gasteiger partial charge in [0.05, 0.1) is 6.10 Å². The first-order valence-electron chi connectivity index (χ1n) is 13.0. The number of hydrogen-bond donors (Lipinski definition) is 1. The lowest BCUT2D eigenvalue weighted by atomic mass is 9.44. The number of hydrogen-bond acceptors (Lipinski definition) is 1. The van der Waals surface area contributed by atoms with E-state index >= 15 is 0 Å².